The summed E-state index contributed by atoms with van der Waals surface area (Å²) in [4.78, 5) is 4.28. The average molecular weight is 303 g/mol. The number of guanidine groups is 1. The normalized spacial score (nSPS) is 21.6. The van der Waals surface area contributed by atoms with E-state index in [0.717, 1.165) is 18.4 Å². The Morgan fingerprint density at radius 1 is 1.32 bits per heavy atom. The van der Waals surface area contributed by atoms with Crippen LogP contribution < -0.4 is 10.6 Å². The smallest absolute Gasteiger partial charge is 0.191 e. The van der Waals surface area contributed by atoms with E-state index in [0.29, 0.717) is 12.6 Å². The molecule has 1 aromatic rings. The first kappa shape index (κ1) is 16.8. The molecule has 0 spiro atoms. The average Bonchev–Trinajstić information content (AvgIpc) is 3.16. The molecule has 2 N–H and O–H groups in total. The van der Waals surface area contributed by atoms with Gasteiger partial charge in [0.25, 0.3) is 0 Å². The third-order valence-electron chi connectivity index (χ3n) is 3.78. The summed E-state index contributed by atoms with van der Waals surface area (Å²) in [6.45, 7) is 9.89. The van der Waals surface area contributed by atoms with Gasteiger partial charge < -0.3 is 15.4 Å². The second kappa shape index (κ2) is 7.14. The van der Waals surface area contributed by atoms with Gasteiger partial charge in [-0.1, -0.05) is 31.2 Å². The molecule has 0 bridgehead atoms. The molecular formula is C18H29N3O. The lowest BCUT2D eigenvalue weighted by Crippen LogP contribution is -2.38. The summed E-state index contributed by atoms with van der Waals surface area (Å²) >= 11 is 0. The first-order valence-corrected chi connectivity index (χ1v) is 8.06. The molecule has 0 radical (unpaired) electrons. The molecular weight excluding hydrogens is 274 g/mol. The van der Waals surface area contributed by atoms with Crippen molar-refractivity contribution >= 4 is 5.96 Å². The van der Waals surface area contributed by atoms with Crippen LogP contribution in [-0.2, 0) is 17.9 Å². The van der Waals surface area contributed by atoms with Crippen LogP contribution in [0.5, 0.6) is 0 Å². The van der Waals surface area contributed by atoms with Crippen molar-refractivity contribution < 1.29 is 4.74 Å². The van der Waals surface area contributed by atoms with Crippen LogP contribution in [0.2, 0.25) is 0 Å². The van der Waals surface area contributed by atoms with Gasteiger partial charge in [-0.2, -0.15) is 0 Å². The Hall–Kier alpha value is -1.55. The van der Waals surface area contributed by atoms with E-state index in [1.165, 1.54) is 17.5 Å². The van der Waals surface area contributed by atoms with Crippen molar-refractivity contribution in [2.24, 2.45) is 10.9 Å². The maximum atomic E-state index is 5.83. The van der Waals surface area contributed by atoms with Crippen molar-refractivity contribution in [2.75, 3.05) is 7.05 Å². The van der Waals surface area contributed by atoms with Crippen molar-refractivity contribution in [3.05, 3.63) is 35.4 Å². The minimum atomic E-state index is -0.110. The van der Waals surface area contributed by atoms with E-state index >= 15 is 0 Å². The number of nitrogens with one attached hydrogen (secondary N) is 2. The molecule has 22 heavy (non-hydrogen) atoms. The molecule has 0 amide bonds. The monoisotopic (exact) mass is 303 g/mol. The Kier molecular flexibility index (Phi) is 5.46. The van der Waals surface area contributed by atoms with Crippen LogP contribution in [0.25, 0.3) is 0 Å². The molecule has 0 aromatic heterocycles. The zero-order valence-electron chi connectivity index (χ0n) is 14.4. The van der Waals surface area contributed by atoms with E-state index in [1.807, 2.05) is 7.05 Å². The number of hydrogen-bond acceptors (Lipinski definition) is 2. The third kappa shape index (κ3) is 5.68. The summed E-state index contributed by atoms with van der Waals surface area (Å²) in [7, 11) is 1.82. The highest BCUT2D eigenvalue weighted by molar-refractivity contribution is 5.80. The van der Waals surface area contributed by atoms with Crippen LogP contribution in [0, 0.1) is 5.92 Å². The van der Waals surface area contributed by atoms with Gasteiger partial charge in [0.2, 0.25) is 0 Å². The first-order chi connectivity index (χ1) is 10.4. The van der Waals surface area contributed by atoms with Crippen molar-refractivity contribution in [2.45, 2.75) is 58.9 Å². The predicted molar refractivity (Wildman–Crippen MR) is 91.9 cm³/mol. The maximum Gasteiger partial charge on any atom is 0.191 e. The highest BCUT2D eigenvalue weighted by atomic mass is 16.5. The largest absolute Gasteiger partial charge is 0.371 e. The van der Waals surface area contributed by atoms with Crippen molar-refractivity contribution in [3.63, 3.8) is 0 Å². The van der Waals surface area contributed by atoms with Gasteiger partial charge >= 0.3 is 0 Å². The number of aliphatic imine (C=N–C) groups is 1. The van der Waals surface area contributed by atoms with Crippen LogP contribution in [0.3, 0.4) is 0 Å². The van der Waals surface area contributed by atoms with Crippen molar-refractivity contribution in [3.8, 4) is 0 Å². The summed E-state index contributed by atoms with van der Waals surface area (Å²) in [5.41, 5.74) is 2.33. The van der Waals surface area contributed by atoms with Gasteiger partial charge in [-0.3, -0.25) is 4.99 Å². The zero-order valence-corrected chi connectivity index (χ0v) is 14.4. The van der Waals surface area contributed by atoms with Gasteiger partial charge in [0.1, 0.15) is 0 Å². The van der Waals surface area contributed by atoms with E-state index < -0.39 is 0 Å². The molecule has 2 atom stereocenters. The molecule has 1 aromatic carbocycles. The molecule has 1 aliphatic carbocycles. The summed E-state index contributed by atoms with van der Waals surface area (Å²) in [5.74, 6) is 1.64. The van der Waals surface area contributed by atoms with Gasteiger partial charge in [0.15, 0.2) is 5.96 Å². The molecule has 1 saturated carbocycles. The Morgan fingerprint density at radius 3 is 2.59 bits per heavy atom. The molecule has 1 fully saturated rings. The molecule has 4 heteroatoms. The summed E-state index contributed by atoms with van der Waals surface area (Å²) in [6, 6.07) is 9.08. The molecule has 2 unspecified atom stereocenters. The molecule has 1 aliphatic rings. The molecule has 122 valence electrons. The second-order valence-electron chi connectivity index (χ2n) is 7.11. The summed E-state index contributed by atoms with van der Waals surface area (Å²) in [6.07, 6.45) is 1.24. The van der Waals surface area contributed by atoms with E-state index in [9.17, 15) is 0 Å². The Morgan fingerprint density at radius 2 is 2.00 bits per heavy atom. The van der Waals surface area contributed by atoms with Gasteiger partial charge in [0.05, 0.1) is 12.2 Å². The summed E-state index contributed by atoms with van der Waals surface area (Å²) in [5, 5.41) is 6.81. The second-order valence-corrected chi connectivity index (χ2v) is 7.11. The standard InChI is InChI=1S/C18H29N3O/c1-13-9-16(13)21-17(19-5)20-11-14-7-6-8-15(10-14)12-22-18(2,3)4/h6-8,10,13,16H,9,11-12H2,1-5H3,(H2,19,20,21). The quantitative estimate of drug-likeness (QED) is 0.649. The predicted octanol–water partition coefficient (Wildman–Crippen LogP) is 3.08. The van der Waals surface area contributed by atoms with E-state index in [2.05, 4.69) is 67.6 Å². The van der Waals surface area contributed by atoms with Crippen LogP contribution >= 0.6 is 0 Å². The first-order valence-electron chi connectivity index (χ1n) is 8.06. The lowest BCUT2D eigenvalue weighted by molar-refractivity contribution is -0.0149. The van der Waals surface area contributed by atoms with E-state index in [-0.39, 0.29) is 5.60 Å². The van der Waals surface area contributed by atoms with Gasteiger partial charge in [0, 0.05) is 19.6 Å². The van der Waals surface area contributed by atoms with Crippen LogP contribution in [0.15, 0.2) is 29.3 Å². The topological polar surface area (TPSA) is 45.7 Å². The van der Waals surface area contributed by atoms with Crippen LogP contribution in [0.4, 0.5) is 0 Å². The lowest BCUT2D eigenvalue weighted by atomic mass is 10.1. The third-order valence-corrected chi connectivity index (χ3v) is 3.78. The van der Waals surface area contributed by atoms with Gasteiger partial charge in [-0.05, 0) is 44.2 Å². The SMILES string of the molecule is CN=C(NCc1cccc(COC(C)(C)C)c1)NC1CC1C. The zero-order chi connectivity index (χ0) is 16.2. The van der Waals surface area contributed by atoms with Gasteiger partial charge in [-0.25, -0.2) is 0 Å². The molecule has 0 saturated heterocycles. The highest BCUT2D eigenvalue weighted by Gasteiger charge is 2.33. The van der Waals surface area contributed by atoms with E-state index in [1.54, 1.807) is 0 Å². The minimum Gasteiger partial charge on any atom is -0.371 e. The fraction of sp³-hybridized carbons (Fsp3) is 0.611. The summed E-state index contributed by atoms with van der Waals surface area (Å²) < 4.78 is 5.83. The van der Waals surface area contributed by atoms with Gasteiger partial charge in [-0.15, -0.1) is 0 Å². The molecule has 2 rings (SSSR count). The number of benzene rings is 1. The van der Waals surface area contributed by atoms with Crippen LogP contribution in [0.1, 0.15) is 45.2 Å². The molecule has 0 aliphatic heterocycles. The number of rotatable bonds is 5. The fourth-order valence-corrected chi connectivity index (χ4v) is 2.21. The van der Waals surface area contributed by atoms with E-state index in [4.69, 9.17) is 4.74 Å². The lowest BCUT2D eigenvalue weighted by Gasteiger charge is -2.19. The Balaban J connectivity index is 1.84. The van der Waals surface area contributed by atoms with Crippen molar-refractivity contribution in [1.82, 2.24) is 10.6 Å². The molecule has 0 heterocycles. The van der Waals surface area contributed by atoms with Crippen molar-refractivity contribution in [1.29, 1.82) is 0 Å². The molecule has 4 nitrogen and oxygen atoms in total. The van der Waals surface area contributed by atoms with Crippen LogP contribution in [-0.4, -0.2) is 24.7 Å². The highest BCUT2D eigenvalue weighted by Crippen LogP contribution is 2.28. The Labute approximate surface area is 134 Å². The Bertz CT molecular complexity index is 519. The number of ether oxygens (including phenoxy) is 1. The maximum absolute atomic E-state index is 5.83. The number of nitrogens with zero attached hydrogens (tertiary/aromatic N) is 1. The number of hydrogen-bond donors (Lipinski definition) is 2. The minimum absolute atomic E-state index is 0.110. The fourth-order valence-electron chi connectivity index (χ4n) is 2.21.